The van der Waals surface area contributed by atoms with Crippen LogP contribution >= 0.6 is 0 Å². The van der Waals surface area contributed by atoms with Crippen LogP contribution in [0.3, 0.4) is 0 Å². The molecule has 0 amide bonds. The Kier molecular flexibility index (Phi) is 3.59. The highest BCUT2D eigenvalue weighted by atomic mass is 19.4. The summed E-state index contributed by atoms with van der Waals surface area (Å²) < 4.78 is 39.1. The average molecular weight is 341 g/mol. The molecule has 0 aliphatic heterocycles. The molecule has 25 heavy (non-hydrogen) atoms. The first kappa shape index (κ1) is 15.8. The number of hydrogen-bond donors (Lipinski definition) is 0. The second-order valence-corrected chi connectivity index (χ2v) is 5.79. The molecule has 0 unspecified atom stereocenters. The van der Waals surface area contributed by atoms with Gasteiger partial charge in [0.1, 0.15) is 0 Å². The third-order valence-corrected chi connectivity index (χ3v) is 4.13. The molecule has 3 aromatic rings. The van der Waals surface area contributed by atoms with E-state index < -0.39 is 12.0 Å². The second-order valence-electron chi connectivity index (χ2n) is 5.79. The van der Waals surface area contributed by atoms with E-state index >= 15 is 0 Å². The van der Waals surface area contributed by atoms with Gasteiger partial charge >= 0.3 is 6.18 Å². The van der Waals surface area contributed by atoms with Gasteiger partial charge in [-0.25, -0.2) is 9.67 Å². The maximum absolute atomic E-state index is 12.8. The predicted octanol–water partition coefficient (Wildman–Crippen LogP) is 2.03. The number of nitrogens with zero attached hydrogens (tertiary/aromatic N) is 5. The molecule has 2 aromatic heterocycles. The number of rotatable bonds is 1. The SMILES string of the molecule is [B]c1nc(C(F)(F)F)nn1-c1cc2c(nn1)-c1ccccc1CCC2. The van der Waals surface area contributed by atoms with Crippen LogP contribution in [0.2, 0.25) is 0 Å². The summed E-state index contributed by atoms with van der Waals surface area (Å²) in [5.74, 6) is -1.18. The summed E-state index contributed by atoms with van der Waals surface area (Å²) in [6.07, 6.45) is -2.11. The topological polar surface area (TPSA) is 56.5 Å². The van der Waals surface area contributed by atoms with E-state index in [1.54, 1.807) is 6.07 Å². The average Bonchev–Trinajstić information content (AvgIpc) is 2.88. The van der Waals surface area contributed by atoms with Gasteiger partial charge in [0.25, 0.3) is 5.82 Å². The van der Waals surface area contributed by atoms with E-state index in [1.807, 2.05) is 24.3 Å². The number of fused-ring (bicyclic) bond motifs is 3. The molecule has 4 rings (SSSR count). The number of halogens is 3. The Morgan fingerprint density at radius 1 is 1.04 bits per heavy atom. The molecule has 1 aliphatic rings. The van der Waals surface area contributed by atoms with Crippen molar-refractivity contribution in [3.63, 3.8) is 0 Å². The van der Waals surface area contributed by atoms with Crippen LogP contribution in [-0.4, -0.2) is 32.8 Å². The van der Waals surface area contributed by atoms with Crippen LogP contribution in [0.1, 0.15) is 23.4 Å². The summed E-state index contributed by atoms with van der Waals surface area (Å²) in [6, 6.07) is 9.59. The maximum atomic E-state index is 12.8. The molecule has 2 radical (unpaired) electrons. The molecule has 0 saturated carbocycles. The number of aryl methyl sites for hydroxylation is 2. The molecule has 0 saturated heterocycles. The molecule has 2 heterocycles. The Hall–Kier alpha value is -2.71. The zero-order chi connectivity index (χ0) is 17.6. The molecule has 1 aromatic carbocycles. The minimum absolute atomic E-state index is 0.124. The first-order valence-corrected chi connectivity index (χ1v) is 7.68. The highest BCUT2D eigenvalue weighted by molar-refractivity contribution is 6.29. The van der Waals surface area contributed by atoms with Crippen molar-refractivity contribution in [1.82, 2.24) is 25.0 Å². The van der Waals surface area contributed by atoms with Gasteiger partial charge in [-0.15, -0.1) is 15.3 Å². The molecule has 0 bridgehead atoms. The summed E-state index contributed by atoms with van der Waals surface area (Å²) in [5.41, 5.74) is 3.44. The Balaban J connectivity index is 1.81. The van der Waals surface area contributed by atoms with E-state index in [2.05, 4.69) is 20.3 Å². The van der Waals surface area contributed by atoms with E-state index in [0.717, 1.165) is 40.8 Å². The normalized spacial score (nSPS) is 13.9. The van der Waals surface area contributed by atoms with E-state index in [4.69, 9.17) is 7.85 Å². The molecular weight excluding hydrogens is 330 g/mol. The van der Waals surface area contributed by atoms with Gasteiger partial charge in [0.05, 0.1) is 11.4 Å². The number of benzene rings is 1. The lowest BCUT2D eigenvalue weighted by Gasteiger charge is -2.09. The van der Waals surface area contributed by atoms with Crippen molar-refractivity contribution in [2.75, 3.05) is 0 Å². The van der Waals surface area contributed by atoms with Crippen molar-refractivity contribution in [2.45, 2.75) is 25.4 Å². The molecule has 0 spiro atoms. The minimum atomic E-state index is -4.67. The van der Waals surface area contributed by atoms with E-state index in [9.17, 15) is 13.2 Å². The van der Waals surface area contributed by atoms with E-state index in [-0.39, 0.29) is 11.5 Å². The van der Waals surface area contributed by atoms with Crippen molar-refractivity contribution < 1.29 is 13.2 Å². The third-order valence-electron chi connectivity index (χ3n) is 4.13. The minimum Gasteiger partial charge on any atom is -0.220 e. The van der Waals surface area contributed by atoms with Gasteiger partial charge in [0.15, 0.2) is 13.7 Å². The van der Waals surface area contributed by atoms with Gasteiger partial charge in [-0.05, 0) is 36.5 Å². The first-order valence-electron chi connectivity index (χ1n) is 7.68. The molecule has 0 N–H and O–H groups in total. The summed E-state index contributed by atoms with van der Waals surface area (Å²) in [4.78, 5) is 3.26. The number of alkyl halides is 3. The van der Waals surface area contributed by atoms with Crippen LogP contribution in [0.4, 0.5) is 13.2 Å². The largest absolute Gasteiger partial charge is 0.453 e. The van der Waals surface area contributed by atoms with Crippen molar-refractivity contribution in [1.29, 1.82) is 0 Å². The van der Waals surface area contributed by atoms with Crippen LogP contribution in [0, 0.1) is 0 Å². The summed E-state index contributed by atoms with van der Waals surface area (Å²) >= 11 is 0. The molecule has 1 aliphatic carbocycles. The third kappa shape index (κ3) is 2.79. The molecule has 9 heteroatoms. The highest BCUT2D eigenvalue weighted by Gasteiger charge is 2.36. The van der Waals surface area contributed by atoms with Crippen LogP contribution in [0.5, 0.6) is 0 Å². The molecule has 5 nitrogen and oxygen atoms in total. The number of aromatic nitrogens is 5. The monoisotopic (exact) mass is 341 g/mol. The van der Waals surface area contributed by atoms with Crippen LogP contribution in [0.15, 0.2) is 30.3 Å². The van der Waals surface area contributed by atoms with E-state index in [1.165, 1.54) is 5.56 Å². The lowest BCUT2D eigenvalue weighted by molar-refractivity contribution is -0.144. The first-order chi connectivity index (χ1) is 11.9. The molecule has 124 valence electrons. The highest BCUT2D eigenvalue weighted by Crippen LogP contribution is 2.31. The lowest BCUT2D eigenvalue weighted by Crippen LogP contribution is -2.20. The Morgan fingerprint density at radius 3 is 2.56 bits per heavy atom. The Bertz CT molecular complexity index is 951. The van der Waals surface area contributed by atoms with Crippen LogP contribution in [-0.2, 0) is 19.0 Å². The van der Waals surface area contributed by atoms with Crippen LogP contribution < -0.4 is 5.72 Å². The molecule has 0 atom stereocenters. The van der Waals surface area contributed by atoms with Crippen molar-refractivity contribution in [3.05, 3.63) is 47.3 Å². The fraction of sp³-hybridized carbons (Fsp3) is 0.250. The molecule has 0 fully saturated rings. The standard InChI is InChI=1S/C16H11BF3N5/c17-15-21-14(16(18,19)20)24-25(15)12-8-10-6-3-5-9-4-1-2-7-11(9)13(10)23-22-12/h1-2,4,7-8H,3,5-6H2. The van der Waals surface area contributed by atoms with Crippen molar-refractivity contribution >= 4 is 13.6 Å². The maximum Gasteiger partial charge on any atom is 0.453 e. The van der Waals surface area contributed by atoms with Gasteiger partial charge in [-0.1, -0.05) is 24.3 Å². The zero-order valence-corrected chi connectivity index (χ0v) is 13.0. The Labute approximate surface area is 142 Å². The Morgan fingerprint density at radius 2 is 1.80 bits per heavy atom. The lowest BCUT2D eigenvalue weighted by atomic mass is 10.0. The fourth-order valence-electron chi connectivity index (χ4n) is 2.99. The molecular formula is C16H11BF3N5. The van der Waals surface area contributed by atoms with Crippen molar-refractivity contribution in [3.8, 4) is 17.1 Å². The van der Waals surface area contributed by atoms with Crippen molar-refractivity contribution in [2.24, 2.45) is 0 Å². The fourth-order valence-corrected chi connectivity index (χ4v) is 2.99. The predicted molar refractivity (Wildman–Crippen MR) is 84.8 cm³/mol. The van der Waals surface area contributed by atoms with Crippen LogP contribution in [0.25, 0.3) is 17.1 Å². The zero-order valence-electron chi connectivity index (χ0n) is 13.0. The summed E-state index contributed by atoms with van der Waals surface area (Å²) in [7, 11) is 5.58. The summed E-state index contributed by atoms with van der Waals surface area (Å²) in [6.45, 7) is 0. The quantitative estimate of drug-likeness (QED) is 0.636. The number of hydrogen-bond acceptors (Lipinski definition) is 4. The van der Waals surface area contributed by atoms with Gasteiger partial charge in [-0.2, -0.15) is 13.2 Å². The van der Waals surface area contributed by atoms with Gasteiger partial charge < -0.3 is 0 Å². The van der Waals surface area contributed by atoms with Gasteiger partial charge in [0, 0.05) is 5.56 Å². The summed E-state index contributed by atoms with van der Waals surface area (Å²) in [5, 5.41) is 11.7. The van der Waals surface area contributed by atoms with E-state index in [0.29, 0.717) is 0 Å². The smallest absolute Gasteiger partial charge is 0.220 e. The van der Waals surface area contributed by atoms with Gasteiger partial charge in [-0.3, -0.25) is 0 Å². The van der Waals surface area contributed by atoms with Gasteiger partial charge in [0.2, 0.25) is 0 Å². The second kappa shape index (κ2) is 5.68.